The second kappa shape index (κ2) is 3.91. The third-order valence-electron chi connectivity index (χ3n) is 2.60. The standard InChI is InChI=1S/C11H14FNS/c1-2-4-9-10(13)7-5-3-6-8(12)11(7)14-9/h3,5-6,9-10H,2,4,13H2,1H3. The lowest BCUT2D eigenvalue weighted by molar-refractivity contribution is 0.589. The van der Waals surface area contributed by atoms with Crippen molar-refractivity contribution >= 4 is 11.8 Å². The summed E-state index contributed by atoms with van der Waals surface area (Å²) in [6, 6.07) is 5.19. The average Bonchev–Trinajstić information content (AvgIpc) is 2.48. The maximum absolute atomic E-state index is 13.4. The molecule has 2 unspecified atom stereocenters. The van der Waals surface area contributed by atoms with Gasteiger partial charge in [0, 0.05) is 16.2 Å². The Morgan fingerprint density at radius 1 is 1.50 bits per heavy atom. The van der Waals surface area contributed by atoms with E-state index in [-0.39, 0.29) is 11.9 Å². The molecule has 0 aliphatic carbocycles. The van der Waals surface area contributed by atoms with Crippen molar-refractivity contribution in [3.63, 3.8) is 0 Å². The fourth-order valence-electron chi connectivity index (χ4n) is 1.86. The zero-order valence-electron chi connectivity index (χ0n) is 8.16. The third-order valence-corrected chi connectivity index (χ3v) is 4.10. The molecule has 76 valence electrons. The maximum atomic E-state index is 13.4. The Morgan fingerprint density at radius 2 is 2.29 bits per heavy atom. The van der Waals surface area contributed by atoms with Gasteiger partial charge in [-0.3, -0.25) is 0 Å². The van der Waals surface area contributed by atoms with E-state index >= 15 is 0 Å². The third kappa shape index (κ3) is 1.55. The van der Waals surface area contributed by atoms with Gasteiger partial charge in [0.1, 0.15) is 5.82 Å². The molecule has 1 aliphatic rings. The molecule has 0 saturated carbocycles. The first-order valence-electron chi connectivity index (χ1n) is 4.94. The van der Waals surface area contributed by atoms with E-state index in [1.165, 1.54) is 6.07 Å². The predicted octanol–water partition coefficient (Wildman–Crippen LogP) is 3.10. The highest BCUT2D eigenvalue weighted by molar-refractivity contribution is 8.00. The van der Waals surface area contributed by atoms with Crippen molar-refractivity contribution in [2.24, 2.45) is 5.73 Å². The molecule has 3 heteroatoms. The Hall–Kier alpha value is -0.540. The van der Waals surface area contributed by atoms with E-state index < -0.39 is 0 Å². The molecule has 14 heavy (non-hydrogen) atoms. The fraction of sp³-hybridized carbons (Fsp3) is 0.455. The Labute approximate surface area is 87.9 Å². The molecule has 0 saturated heterocycles. The van der Waals surface area contributed by atoms with Crippen molar-refractivity contribution in [2.75, 3.05) is 0 Å². The lowest BCUT2D eigenvalue weighted by Gasteiger charge is -2.12. The molecule has 2 atom stereocenters. The summed E-state index contributed by atoms with van der Waals surface area (Å²) in [5.41, 5.74) is 7.04. The Kier molecular flexibility index (Phi) is 2.79. The van der Waals surface area contributed by atoms with Gasteiger partial charge in [-0.25, -0.2) is 4.39 Å². The minimum Gasteiger partial charge on any atom is -0.323 e. The molecule has 2 N–H and O–H groups in total. The number of benzene rings is 1. The molecule has 1 heterocycles. The van der Waals surface area contributed by atoms with Crippen LogP contribution in [-0.2, 0) is 0 Å². The average molecular weight is 211 g/mol. The van der Waals surface area contributed by atoms with Crippen LogP contribution in [0.3, 0.4) is 0 Å². The normalized spacial score (nSPS) is 25.1. The molecule has 0 fully saturated rings. The van der Waals surface area contributed by atoms with Gasteiger partial charge in [0.25, 0.3) is 0 Å². The molecule has 0 spiro atoms. The summed E-state index contributed by atoms with van der Waals surface area (Å²) in [7, 11) is 0. The van der Waals surface area contributed by atoms with Crippen LogP contribution in [0.2, 0.25) is 0 Å². The van der Waals surface area contributed by atoms with Gasteiger partial charge < -0.3 is 5.73 Å². The van der Waals surface area contributed by atoms with E-state index in [0.717, 1.165) is 23.3 Å². The number of rotatable bonds is 2. The largest absolute Gasteiger partial charge is 0.323 e. The Bertz CT molecular complexity index is 340. The van der Waals surface area contributed by atoms with Crippen LogP contribution >= 0.6 is 11.8 Å². The quantitative estimate of drug-likeness (QED) is 0.813. The van der Waals surface area contributed by atoms with Gasteiger partial charge in [0.15, 0.2) is 0 Å². The first kappa shape index (κ1) is 9.99. The molecule has 1 aliphatic heterocycles. The molecule has 1 aromatic rings. The summed E-state index contributed by atoms with van der Waals surface area (Å²) in [4.78, 5) is 0.762. The molecule has 0 radical (unpaired) electrons. The summed E-state index contributed by atoms with van der Waals surface area (Å²) < 4.78 is 13.4. The van der Waals surface area contributed by atoms with Crippen LogP contribution in [0.1, 0.15) is 31.4 Å². The highest BCUT2D eigenvalue weighted by atomic mass is 32.2. The zero-order chi connectivity index (χ0) is 10.1. The highest BCUT2D eigenvalue weighted by Gasteiger charge is 2.31. The van der Waals surface area contributed by atoms with Crippen LogP contribution in [0.5, 0.6) is 0 Å². The molecule has 0 aromatic heterocycles. The first-order chi connectivity index (χ1) is 6.74. The first-order valence-corrected chi connectivity index (χ1v) is 5.82. The number of nitrogens with two attached hydrogens (primary N) is 1. The second-order valence-corrected chi connectivity index (χ2v) is 4.88. The number of fused-ring (bicyclic) bond motifs is 1. The number of hydrogen-bond acceptors (Lipinski definition) is 2. The van der Waals surface area contributed by atoms with Gasteiger partial charge in [0.2, 0.25) is 0 Å². The lowest BCUT2D eigenvalue weighted by Crippen LogP contribution is -2.18. The van der Waals surface area contributed by atoms with Crippen LogP contribution in [0, 0.1) is 5.82 Å². The number of thioether (sulfide) groups is 1. The van der Waals surface area contributed by atoms with E-state index in [2.05, 4.69) is 6.92 Å². The molecule has 0 bridgehead atoms. The van der Waals surface area contributed by atoms with Crippen LogP contribution in [-0.4, -0.2) is 5.25 Å². The van der Waals surface area contributed by atoms with E-state index in [9.17, 15) is 4.39 Å². The topological polar surface area (TPSA) is 26.0 Å². The second-order valence-electron chi connectivity index (χ2n) is 3.63. The Balaban J connectivity index is 2.30. The van der Waals surface area contributed by atoms with E-state index in [4.69, 9.17) is 5.73 Å². The summed E-state index contributed by atoms with van der Waals surface area (Å²) in [5.74, 6) is -0.124. The monoisotopic (exact) mass is 211 g/mol. The minimum absolute atomic E-state index is 0.00523. The van der Waals surface area contributed by atoms with Gasteiger partial charge in [-0.05, 0) is 18.1 Å². The summed E-state index contributed by atoms with van der Waals surface area (Å²) in [6.07, 6.45) is 2.15. The number of hydrogen-bond donors (Lipinski definition) is 1. The summed E-state index contributed by atoms with van der Waals surface area (Å²) in [5, 5.41) is 0.354. The van der Waals surface area contributed by atoms with Crippen molar-refractivity contribution in [3.05, 3.63) is 29.6 Å². The van der Waals surface area contributed by atoms with Gasteiger partial charge in [0.05, 0.1) is 0 Å². The minimum atomic E-state index is -0.124. The van der Waals surface area contributed by atoms with Crippen LogP contribution in [0.25, 0.3) is 0 Å². The maximum Gasteiger partial charge on any atom is 0.137 e. The molecule has 2 rings (SSSR count). The highest BCUT2D eigenvalue weighted by Crippen LogP contribution is 2.45. The summed E-state index contributed by atoms with van der Waals surface area (Å²) in [6.45, 7) is 2.13. The van der Waals surface area contributed by atoms with Crippen LogP contribution in [0.4, 0.5) is 4.39 Å². The van der Waals surface area contributed by atoms with Gasteiger partial charge in [-0.1, -0.05) is 25.5 Å². The van der Waals surface area contributed by atoms with Crippen LogP contribution in [0.15, 0.2) is 23.1 Å². The molecule has 1 aromatic carbocycles. The van der Waals surface area contributed by atoms with Crippen molar-refractivity contribution in [1.29, 1.82) is 0 Å². The van der Waals surface area contributed by atoms with Crippen molar-refractivity contribution in [2.45, 2.75) is 36.0 Å². The molecular formula is C11H14FNS. The van der Waals surface area contributed by atoms with Gasteiger partial charge in [-0.15, -0.1) is 11.8 Å². The SMILES string of the molecule is CCCC1Sc2c(F)cccc2C1N. The van der Waals surface area contributed by atoms with Crippen LogP contribution < -0.4 is 5.73 Å². The van der Waals surface area contributed by atoms with E-state index in [1.807, 2.05) is 6.07 Å². The molecule has 1 nitrogen and oxygen atoms in total. The van der Waals surface area contributed by atoms with Gasteiger partial charge in [-0.2, -0.15) is 0 Å². The molecular weight excluding hydrogens is 197 g/mol. The van der Waals surface area contributed by atoms with Crippen molar-refractivity contribution < 1.29 is 4.39 Å². The molecule has 0 amide bonds. The van der Waals surface area contributed by atoms with Crippen molar-refractivity contribution in [3.8, 4) is 0 Å². The number of halogens is 1. The lowest BCUT2D eigenvalue weighted by atomic mass is 10.0. The Morgan fingerprint density at radius 3 is 2.93 bits per heavy atom. The van der Waals surface area contributed by atoms with Gasteiger partial charge >= 0.3 is 0 Å². The smallest absolute Gasteiger partial charge is 0.137 e. The van der Waals surface area contributed by atoms with E-state index in [1.54, 1.807) is 17.8 Å². The van der Waals surface area contributed by atoms with Crippen molar-refractivity contribution in [1.82, 2.24) is 0 Å². The zero-order valence-corrected chi connectivity index (χ0v) is 8.98. The predicted molar refractivity (Wildman–Crippen MR) is 57.9 cm³/mol. The summed E-state index contributed by atoms with van der Waals surface area (Å²) >= 11 is 1.60. The van der Waals surface area contributed by atoms with E-state index in [0.29, 0.717) is 5.25 Å². The fourth-order valence-corrected chi connectivity index (χ4v) is 3.33.